The molecule has 1 aromatic carbocycles. The second-order valence-corrected chi connectivity index (χ2v) is 6.59. The molecule has 1 aliphatic rings. The Kier molecular flexibility index (Phi) is 5.65. The summed E-state index contributed by atoms with van der Waals surface area (Å²) in [5.41, 5.74) is 7.88. The fourth-order valence-corrected chi connectivity index (χ4v) is 3.32. The lowest BCUT2D eigenvalue weighted by Crippen LogP contribution is -2.45. The molecule has 1 heterocycles. The van der Waals surface area contributed by atoms with Gasteiger partial charge in [-0.1, -0.05) is 28.9 Å². The Balaban J connectivity index is 2.16. The molecular weight excluding hydrogens is 330 g/mol. The number of hydrogen-bond acceptors (Lipinski definition) is 3. The molecule has 116 valence electrons. The van der Waals surface area contributed by atoms with Crippen molar-refractivity contribution in [3.8, 4) is 0 Å². The van der Waals surface area contributed by atoms with Crippen LogP contribution in [0.15, 0.2) is 22.7 Å². The number of hydrogen-bond donors (Lipinski definition) is 2. The number of halogens is 1. The number of rotatable bonds is 5. The van der Waals surface area contributed by atoms with Crippen molar-refractivity contribution in [1.82, 2.24) is 5.32 Å². The number of carbonyl (C=O) groups excluding carboxylic acids is 1. The number of carbonyl (C=O) groups is 1. The van der Waals surface area contributed by atoms with Gasteiger partial charge in [-0.15, -0.1) is 0 Å². The first-order valence-electron chi connectivity index (χ1n) is 7.58. The van der Waals surface area contributed by atoms with Crippen LogP contribution >= 0.6 is 15.9 Å². The van der Waals surface area contributed by atoms with E-state index in [1.54, 1.807) is 0 Å². The Labute approximate surface area is 135 Å². The van der Waals surface area contributed by atoms with Gasteiger partial charge in [-0.05, 0) is 44.0 Å². The van der Waals surface area contributed by atoms with E-state index in [1.807, 2.05) is 0 Å². The number of piperidine rings is 1. The van der Waals surface area contributed by atoms with Crippen LogP contribution in [0.5, 0.6) is 0 Å². The molecule has 0 spiro atoms. The predicted molar refractivity (Wildman–Crippen MR) is 90.2 cm³/mol. The lowest BCUT2D eigenvalue weighted by Gasteiger charge is -2.38. The summed E-state index contributed by atoms with van der Waals surface area (Å²) in [6, 6.07) is 6.86. The van der Waals surface area contributed by atoms with Crippen molar-refractivity contribution in [2.45, 2.75) is 39.3 Å². The number of benzene rings is 1. The third-order valence-corrected chi connectivity index (χ3v) is 4.96. The van der Waals surface area contributed by atoms with Crippen molar-refractivity contribution < 1.29 is 4.79 Å². The molecule has 0 bridgehead atoms. The zero-order chi connectivity index (χ0) is 15.4. The molecule has 1 saturated heterocycles. The van der Waals surface area contributed by atoms with E-state index in [0.29, 0.717) is 6.04 Å². The van der Waals surface area contributed by atoms with E-state index >= 15 is 0 Å². The lowest BCUT2D eigenvalue weighted by molar-refractivity contribution is -0.122. The first-order chi connectivity index (χ1) is 10.0. The van der Waals surface area contributed by atoms with Gasteiger partial charge in [0, 0.05) is 29.3 Å². The molecule has 0 aromatic heterocycles. The van der Waals surface area contributed by atoms with Crippen molar-refractivity contribution in [2.24, 2.45) is 11.7 Å². The molecular formula is C16H24BrN3O. The van der Waals surface area contributed by atoms with E-state index in [2.05, 4.69) is 58.2 Å². The molecule has 0 aliphatic carbocycles. The van der Waals surface area contributed by atoms with E-state index in [9.17, 15) is 4.79 Å². The Hall–Kier alpha value is -1.07. The molecule has 5 heteroatoms. The van der Waals surface area contributed by atoms with Crippen LogP contribution < -0.4 is 16.0 Å². The topological polar surface area (TPSA) is 58.4 Å². The van der Waals surface area contributed by atoms with Crippen molar-refractivity contribution in [3.05, 3.63) is 28.2 Å². The largest absolute Gasteiger partial charge is 0.369 e. The average Bonchev–Trinajstić information content (AvgIpc) is 2.46. The van der Waals surface area contributed by atoms with E-state index in [-0.39, 0.29) is 11.8 Å². The van der Waals surface area contributed by atoms with Crippen LogP contribution in [-0.4, -0.2) is 25.0 Å². The molecule has 1 aliphatic heterocycles. The second-order valence-electron chi connectivity index (χ2n) is 5.73. The number of amides is 1. The summed E-state index contributed by atoms with van der Waals surface area (Å²) < 4.78 is 1.11. The summed E-state index contributed by atoms with van der Waals surface area (Å²) in [5.74, 6) is -0.226. The molecule has 21 heavy (non-hydrogen) atoms. The molecule has 0 radical (unpaired) electrons. The molecule has 2 atom stereocenters. The molecule has 1 fully saturated rings. The first-order valence-corrected chi connectivity index (χ1v) is 8.37. The van der Waals surface area contributed by atoms with Gasteiger partial charge in [-0.2, -0.15) is 0 Å². The Morgan fingerprint density at radius 3 is 2.86 bits per heavy atom. The van der Waals surface area contributed by atoms with Crippen LogP contribution in [0.1, 0.15) is 32.3 Å². The second kappa shape index (κ2) is 7.27. The highest BCUT2D eigenvalue weighted by Crippen LogP contribution is 2.30. The summed E-state index contributed by atoms with van der Waals surface area (Å²) in [6.45, 7) is 6.84. The number of nitrogens with zero attached hydrogens (tertiary/aromatic N) is 1. The third kappa shape index (κ3) is 3.98. The minimum absolute atomic E-state index is 0.0404. The zero-order valence-electron chi connectivity index (χ0n) is 12.7. The highest BCUT2D eigenvalue weighted by molar-refractivity contribution is 9.10. The van der Waals surface area contributed by atoms with Crippen LogP contribution in [0.3, 0.4) is 0 Å². The third-order valence-electron chi connectivity index (χ3n) is 4.22. The van der Waals surface area contributed by atoms with E-state index < -0.39 is 0 Å². The molecule has 1 aromatic rings. The summed E-state index contributed by atoms with van der Waals surface area (Å²) >= 11 is 3.65. The number of anilines is 1. The van der Waals surface area contributed by atoms with Gasteiger partial charge in [0.2, 0.25) is 5.91 Å². The van der Waals surface area contributed by atoms with E-state index in [1.165, 1.54) is 5.56 Å². The number of nitrogens with two attached hydrogens (primary N) is 1. The predicted octanol–water partition coefficient (Wildman–Crippen LogP) is 2.65. The molecule has 1 amide bonds. The number of nitrogens with one attached hydrogen (secondary N) is 1. The van der Waals surface area contributed by atoms with Crippen LogP contribution in [0.25, 0.3) is 0 Å². The van der Waals surface area contributed by atoms with Crippen molar-refractivity contribution in [2.75, 3.05) is 18.0 Å². The van der Waals surface area contributed by atoms with E-state index in [0.717, 1.165) is 42.6 Å². The Morgan fingerprint density at radius 1 is 1.48 bits per heavy atom. The van der Waals surface area contributed by atoms with Crippen molar-refractivity contribution in [1.29, 1.82) is 0 Å². The van der Waals surface area contributed by atoms with Gasteiger partial charge >= 0.3 is 0 Å². The SMILES string of the molecule is CCNCc1ccc(N2CC(C(N)=O)CCC2C)cc1Br. The molecule has 2 rings (SSSR count). The summed E-state index contributed by atoms with van der Waals surface area (Å²) in [7, 11) is 0. The summed E-state index contributed by atoms with van der Waals surface area (Å²) in [5, 5.41) is 3.33. The molecule has 3 N–H and O–H groups in total. The monoisotopic (exact) mass is 353 g/mol. The van der Waals surface area contributed by atoms with Crippen LogP contribution in [0, 0.1) is 5.92 Å². The smallest absolute Gasteiger partial charge is 0.222 e. The maximum atomic E-state index is 11.5. The van der Waals surface area contributed by atoms with Crippen LogP contribution in [0.4, 0.5) is 5.69 Å². The fraction of sp³-hybridized carbons (Fsp3) is 0.562. The molecule has 4 nitrogen and oxygen atoms in total. The number of primary amides is 1. The summed E-state index contributed by atoms with van der Waals surface area (Å²) in [4.78, 5) is 13.7. The van der Waals surface area contributed by atoms with Gasteiger partial charge in [-0.25, -0.2) is 0 Å². The lowest BCUT2D eigenvalue weighted by atomic mass is 9.92. The highest BCUT2D eigenvalue weighted by Gasteiger charge is 2.28. The minimum Gasteiger partial charge on any atom is -0.369 e. The van der Waals surface area contributed by atoms with E-state index in [4.69, 9.17) is 5.73 Å². The first kappa shape index (κ1) is 16.3. The zero-order valence-corrected chi connectivity index (χ0v) is 14.3. The van der Waals surface area contributed by atoms with Crippen LogP contribution in [-0.2, 0) is 11.3 Å². The minimum atomic E-state index is -0.185. The summed E-state index contributed by atoms with van der Waals surface area (Å²) in [6.07, 6.45) is 1.90. The normalized spacial score (nSPS) is 22.3. The molecule has 2 unspecified atom stereocenters. The van der Waals surface area contributed by atoms with Gasteiger partial charge < -0.3 is 16.0 Å². The molecule has 0 saturated carbocycles. The van der Waals surface area contributed by atoms with Gasteiger partial charge in [0.25, 0.3) is 0 Å². The van der Waals surface area contributed by atoms with Crippen molar-refractivity contribution in [3.63, 3.8) is 0 Å². The van der Waals surface area contributed by atoms with Gasteiger partial charge in [0.05, 0.1) is 5.92 Å². The van der Waals surface area contributed by atoms with Gasteiger partial charge in [-0.3, -0.25) is 4.79 Å². The van der Waals surface area contributed by atoms with Crippen molar-refractivity contribution >= 4 is 27.5 Å². The Bertz CT molecular complexity index is 506. The average molecular weight is 354 g/mol. The maximum absolute atomic E-state index is 11.5. The quantitative estimate of drug-likeness (QED) is 0.855. The van der Waals surface area contributed by atoms with Crippen LogP contribution in [0.2, 0.25) is 0 Å². The van der Waals surface area contributed by atoms with Gasteiger partial charge in [0.15, 0.2) is 0 Å². The van der Waals surface area contributed by atoms with Gasteiger partial charge in [0.1, 0.15) is 0 Å². The Morgan fingerprint density at radius 2 is 2.24 bits per heavy atom. The highest BCUT2D eigenvalue weighted by atomic mass is 79.9. The fourth-order valence-electron chi connectivity index (χ4n) is 2.82. The maximum Gasteiger partial charge on any atom is 0.222 e. The standard InChI is InChI=1S/C16H24BrN3O/c1-3-19-9-12-6-7-14(8-15(12)17)20-10-13(16(18)21)5-4-11(20)2/h6-8,11,13,19H,3-5,9-10H2,1-2H3,(H2,18,21).